The Kier molecular flexibility index (Phi) is 4.63. The molecule has 0 aliphatic carbocycles. The first-order valence-corrected chi connectivity index (χ1v) is 7.80. The molecule has 0 aromatic carbocycles. The van der Waals surface area contributed by atoms with Crippen molar-refractivity contribution in [2.24, 2.45) is 0 Å². The number of carbonyl (C=O) groups excluding carboxylic acids is 1. The van der Waals surface area contributed by atoms with Gasteiger partial charge in [-0.3, -0.25) is 9.48 Å². The third-order valence-electron chi connectivity index (χ3n) is 3.59. The van der Waals surface area contributed by atoms with Crippen LogP contribution in [0, 0.1) is 6.92 Å². The summed E-state index contributed by atoms with van der Waals surface area (Å²) in [6.45, 7) is 5.08. The number of aromatic nitrogens is 4. The van der Waals surface area contributed by atoms with Crippen LogP contribution >= 0.6 is 11.6 Å². The molecule has 1 aliphatic rings. The van der Waals surface area contributed by atoms with Crippen molar-refractivity contribution in [1.29, 1.82) is 0 Å². The highest BCUT2D eigenvalue weighted by Gasteiger charge is 2.32. The first kappa shape index (κ1) is 15.9. The fourth-order valence-electron chi connectivity index (χ4n) is 2.56. The van der Waals surface area contributed by atoms with Gasteiger partial charge in [0, 0.05) is 32.6 Å². The molecule has 3 rings (SSSR count). The number of hydrogen-bond acceptors (Lipinski definition) is 6. The van der Waals surface area contributed by atoms with Crippen molar-refractivity contribution in [3.63, 3.8) is 0 Å². The number of rotatable bonds is 4. The summed E-state index contributed by atoms with van der Waals surface area (Å²) in [7, 11) is 0. The number of morpholine rings is 1. The zero-order valence-electron chi connectivity index (χ0n) is 13.0. The lowest BCUT2D eigenvalue weighted by molar-refractivity contribution is -0.146. The highest BCUT2D eigenvalue weighted by atomic mass is 35.5. The van der Waals surface area contributed by atoms with Crippen molar-refractivity contribution in [3.05, 3.63) is 29.2 Å². The zero-order chi connectivity index (χ0) is 16.4. The Hall–Kier alpha value is -1.93. The van der Waals surface area contributed by atoms with Crippen LogP contribution in [0.4, 0.5) is 0 Å². The molecule has 0 bridgehead atoms. The number of amides is 1. The number of nitrogens with zero attached hydrogens (tertiary/aromatic N) is 5. The van der Waals surface area contributed by atoms with Crippen molar-refractivity contribution in [2.45, 2.75) is 39.0 Å². The van der Waals surface area contributed by atoms with Crippen LogP contribution in [0.15, 0.2) is 16.8 Å². The minimum Gasteiger partial charge on any atom is -0.423 e. The van der Waals surface area contributed by atoms with Gasteiger partial charge in [0.25, 0.3) is 0 Å². The summed E-state index contributed by atoms with van der Waals surface area (Å²) in [5, 5.41) is 12.4. The van der Waals surface area contributed by atoms with Crippen LogP contribution in [0.5, 0.6) is 0 Å². The molecular weight excluding hydrogens is 322 g/mol. The van der Waals surface area contributed by atoms with E-state index in [9.17, 15) is 4.79 Å². The summed E-state index contributed by atoms with van der Waals surface area (Å²) < 4.78 is 12.9. The SMILES string of the molecule is Cc1nnc([C@H]2CN(C(=O)CCn3cc(Cl)cn3)C[C@@H](C)O2)o1. The van der Waals surface area contributed by atoms with Crippen molar-refractivity contribution in [2.75, 3.05) is 13.1 Å². The molecule has 8 nitrogen and oxygen atoms in total. The maximum absolute atomic E-state index is 12.4. The lowest BCUT2D eigenvalue weighted by Crippen LogP contribution is -2.46. The average Bonchev–Trinajstić information content (AvgIpc) is 3.12. The Balaban J connectivity index is 1.60. The van der Waals surface area contributed by atoms with E-state index in [0.29, 0.717) is 42.9 Å². The Bertz CT molecular complexity index is 686. The first-order chi connectivity index (χ1) is 11.0. The van der Waals surface area contributed by atoms with Gasteiger partial charge >= 0.3 is 0 Å². The number of halogens is 1. The quantitative estimate of drug-likeness (QED) is 0.841. The van der Waals surface area contributed by atoms with Crippen molar-refractivity contribution < 1.29 is 13.9 Å². The molecule has 2 atom stereocenters. The van der Waals surface area contributed by atoms with Gasteiger partial charge in [0.15, 0.2) is 6.10 Å². The average molecular weight is 340 g/mol. The van der Waals surface area contributed by atoms with E-state index in [4.69, 9.17) is 20.8 Å². The normalized spacial score (nSPS) is 21.6. The van der Waals surface area contributed by atoms with Crippen LogP contribution in [0.1, 0.15) is 31.2 Å². The molecular formula is C14H18ClN5O3. The van der Waals surface area contributed by atoms with Gasteiger partial charge in [-0.05, 0) is 6.92 Å². The summed E-state index contributed by atoms with van der Waals surface area (Å²) in [5.74, 6) is 0.925. The predicted octanol–water partition coefficient (Wildman–Crippen LogP) is 1.61. The molecule has 1 saturated heterocycles. The molecule has 1 amide bonds. The smallest absolute Gasteiger partial charge is 0.247 e. The van der Waals surface area contributed by atoms with Gasteiger partial charge in [-0.25, -0.2) is 0 Å². The first-order valence-electron chi connectivity index (χ1n) is 7.42. The second-order valence-electron chi connectivity index (χ2n) is 5.57. The molecule has 0 saturated carbocycles. The van der Waals surface area contributed by atoms with Gasteiger partial charge in [0.05, 0.1) is 23.9 Å². The standard InChI is InChI=1S/C14H18ClN5O3/c1-9-6-19(8-12(22-9)14-18-17-10(2)23-14)13(21)3-4-20-7-11(15)5-16-20/h5,7,9,12H,3-4,6,8H2,1-2H3/t9-,12-/m1/s1. The Morgan fingerprint density at radius 1 is 1.43 bits per heavy atom. The van der Waals surface area contributed by atoms with Crippen molar-refractivity contribution in [3.8, 4) is 0 Å². The van der Waals surface area contributed by atoms with Crippen LogP contribution < -0.4 is 0 Å². The van der Waals surface area contributed by atoms with Gasteiger partial charge in [-0.1, -0.05) is 11.6 Å². The maximum Gasteiger partial charge on any atom is 0.247 e. The molecule has 124 valence electrons. The van der Waals surface area contributed by atoms with E-state index in [1.807, 2.05) is 6.92 Å². The molecule has 9 heteroatoms. The van der Waals surface area contributed by atoms with Gasteiger partial charge in [0.1, 0.15) is 0 Å². The largest absolute Gasteiger partial charge is 0.423 e. The fourth-order valence-corrected chi connectivity index (χ4v) is 2.72. The van der Waals surface area contributed by atoms with Crippen LogP contribution in [0.3, 0.4) is 0 Å². The molecule has 1 aliphatic heterocycles. The summed E-state index contributed by atoms with van der Waals surface area (Å²) >= 11 is 5.81. The highest BCUT2D eigenvalue weighted by molar-refractivity contribution is 6.30. The molecule has 0 spiro atoms. The third-order valence-corrected chi connectivity index (χ3v) is 3.78. The third kappa shape index (κ3) is 3.89. The summed E-state index contributed by atoms with van der Waals surface area (Å²) in [5.41, 5.74) is 0. The van der Waals surface area contributed by atoms with Crippen LogP contribution in [0.25, 0.3) is 0 Å². The van der Waals surface area contributed by atoms with Gasteiger partial charge in [-0.2, -0.15) is 5.10 Å². The van der Waals surface area contributed by atoms with Crippen molar-refractivity contribution >= 4 is 17.5 Å². The van der Waals surface area contributed by atoms with E-state index in [1.165, 1.54) is 0 Å². The van der Waals surface area contributed by atoms with Crippen LogP contribution in [-0.4, -0.2) is 50.0 Å². The lowest BCUT2D eigenvalue weighted by Gasteiger charge is -2.35. The molecule has 2 aromatic rings. The van der Waals surface area contributed by atoms with E-state index < -0.39 is 0 Å². The Labute approximate surface area is 138 Å². The Morgan fingerprint density at radius 3 is 2.91 bits per heavy atom. The minimum atomic E-state index is -0.386. The zero-order valence-corrected chi connectivity index (χ0v) is 13.7. The fraction of sp³-hybridized carbons (Fsp3) is 0.571. The summed E-state index contributed by atoms with van der Waals surface area (Å²) in [6, 6.07) is 0. The lowest BCUT2D eigenvalue weighted by atomic mass is 10.2. The predicted molar refractivity (Wildman–Crippen MR) is 80.8 cm³/mol. The monoisotopic (exact) mass is 339 g/mol. The second-order valence-corrected chi connectivity index (χ2v) is 6.00. The van der Waals surface area contributed by atoms with Gasteiger partial charge in [-0.15, -0.1) is 10.2 Å². The molecule has 23 heavy (non-hydrogen) atoms. The van der Waals surface area contributed by atoms with E-state index in [2.05, 4.69) is 15.3 Å². The van der Waals surface area contributed by atoms with E-state index >= 15 is 0 Å². The maximum atomic E-state index is 12.4. The topological polar surface area (TPSA) is 86.3 Å². The van der Waals surface area contributed by atoms with E-state index in [0.717, 1.165) is 0 Å². The second kappa shape index (κ2) is 6.67. The number of ether oxygens (including phenoxy) is 1. The summed E-state index contributed by atoms with van der Waals surface area (Å²) in [4.78, 5) is 14.2. The van der Waals surface area contributed by atoms with Gasteiger partial charge < -0.3 is 14.1 Å². The minimum absolute atomic E-state index is 0.0352. The molecule has 0 unspecified atom stereocenters. The number of hydrogen-bond donors (Lipinski definition) is 0. The van der Waals surface area contributed by atoms with Crippen LogP contribution in [0.2, 0.25) is 5.02 Å². The van der Waals surface area contributed by atoms with E-state index in [1.54, 1.807) is 28.9 Å². The van der Waals surface area contributed by atoms with Gasteiger partial charge in [0.2, 0.25) is 17.7 Å². The summed E-state index contributed by atoms with van der Waals surface area (Å²) in [6.07, 6.45) is 3.12. The molecule has 0 N–H and O–H groups in total. The molecule has 0 radical (unpaired) electrons. The molecule has 3 heterocycles. The Morgan fingerprint density at radius 2 is 2.26 bits per heavy atom. The van der Waals surface area contributed by atoms with E-state index in [-0.39, 0.29) is 18.1 Å². The molecule has 1 fully saturated rings. The number of aryl methyl sites for hydroxylation is 2. The number of carbonyl (C=O) groups is 1. The van der Waals surface area contributed by atoms with Crippen LogP contribution in [-0.2, 0) is 16.1 Å². The highest BCUT2D eigenvalue weighted by Crippen LogP contribution is 2.24. The molecule has 2 aromatic heterocycles. The van der Waals surface area contributed by atoms with Crippen molar-refractivity contribution in [1.82, 2.24) is 24.9 Å².